The van der Waals surface area contributed by atoms with Crippen LogP contribution in [0.5, 0.6) is 17.2 Å². The van der Waals surface area contributed by atoms with Gasteiger partial charge in [0.1, 0.15) is 12.4 Å². The zero-order chi connectivity index (χ0) is 27.6. The van der Waals surface area contributed by atoms with E-state index in [-0.39, 0.29) is 17.6 Å². The Labute approximate surface area is 234 Å². The minimum atomic E-state index is -0.252. The van der Waals surface area contributed by atoms with Crippen LogP contribution in [0.1, 0.15) is 11.1 Å². The van der Waals surface area contributed by atoms with Crippen LogP contribution in [-0.4, -0.2) is 47.0 Å². The van der Waals surface area contributed by atoms with Gasteiger partial charge in [0.15, 0.2) is 11.5 Å². The topological polar surface area (TPSA) is 138 Å². The lowest BCUT2D eigenvalue weighted by Crippen LogP contribution is -2.17. The number of ether oxygens (including phenoxy) is 3. The van der Waals surface area contributed by atoms with Crippen molar-refractivity contribution in [2.45, 2.75) is 11.8 Å². The molecule has 4 aromatic rings. The summed E-state index contributed by atoms with van der Waals surface area (Å²) in [5, 5.41) is 16.0. The van der Waals surface area contributed by atoms with Crippen molar-refractivity contribution in [3.8, 4) is 17.2 Å². The third-order valence-electron chi connectivity index (χ3n) is 5.26. The Balaban J connectivity index is 1.30. The molecule has 1 heterocycles. The summed E-state index contributed by atoms with van der Waals surface area (Å²) >= 11 is 7.07. The van der Waals surface area contributed by atoms with Crippen LogP contribution in [0.4, 0.5) is 11.6 Å². The number of methoxy groups -OCH3 is 2. The largest absolute Gasteiger partial charge is 0.493 e. The zero-order valence-corrected chi connectivity index (χ0v) is 22.7. The van der Waals surface area contributed by atoms with Crippen molar-refractivity contribution in [3.63, 3.8) is 0 Å². The molecule has 0 atom stereocenters. The molecular weight excluding hydrogens is 542 g/mol. The van der Waals surface area contributed by atoms with E-state index < -0.39 is 0 Å². The maximum atomic E-state index is 12.4. The fraction of sp³-hybridized carbons (Fsp3) is 0.154. The summed E-state index contributed by atoms with van der Waals surface area (Å²) in [6, 6.07) is 20.0. The smallest absolute Gasteiger partial charge is 0.264 e. The average Bonchev–Trinajstić information content (AvgIpc) is 3.31. The molecule has 3 aromatic carbocycles. The van der Waals surface area contributed by atoms with E-state index in [2.05, 4.69) is 26.0 Å². The summed E-state index contributed by atoms with van der Waals surface area (Å²) in [5.41, 5.74) is 5.08. The number of carbonyl (C=O) groups excluding carboxylic acids is 1. The number of hydrogen-bond acceptors (Lipinski definition) is 10. The fourth-order valence-electron chi connectivity index (χ4n) is 3.31. The lowest BCUT2D eigenvalue weighted by Gasteiger charge is -2.10. The standard InChI is InChI=1S/C26H26ClN7O4S/c1-36-22-12-11-20(13-23(22)37-2)30-24(35)16-39-26-33-32-25(34(26)28)31-29-14-18-5-3-4-6-21(18)38-15-17-7-9-19(27)10-8-17/h3-14H,15-16,28H2,1-2H3,(H,30,35)(H,31,32)/b29-14+. The molecule has 0 saturated carbocycles. The number of carbonyl (C=O) groups is 1. The number of benzene rings is 3. The molecule has 13 heteroatoms. The Bertz CT molecular complexity index is 1450. The Morgan fingerprint density at radius 3 is 2.59 bits per heavy atom. The maximum absolute atomic E-state index is 12.4. The van der Waals surface area contributed by atoms with E-state index in [9.17, 15) is 4.79 Å². The lowest BCUT2D eigenvalue weighted by atomic mass is 10.2. The van der Waals surface area contributed by atoms with Crippen molar-refractivity contribution in [1.29, 1.82) is 0 Å². The Kier molecular flexibility index (Phi) is 9.48. The van der Waals surface area contributed by atoms with E-state index in [0.29, 0.717) is 39.7 Å². The maximum Gasteiger partial charge on any atom is 0.264 e. The van der Waals surface area contributed by atoms with E-state index in [1.54, 1.807) is 31.5 Å². The van der Waals surface area contributed by atoms with E-state index in [1.165, 1.54) is 11.8 Å². The van der Waals surface area contributed by atoms with Crippen molar-refractivity contribution >= 4 is 47.1 Å². The molecular formula is C26H26ClN7O4S. The van der Waals surface area contributed by atoms with Gasteiger partial charge in [0.25, 0.3) is 5.95 Å². The summed E-state index contributed by atoms with van der Waals surface area (Å²) < 4.78 is 17.6. The highest BCUT2D eigenvalue weighted by Gasteiger charge is 2.13. The number of hydrogen-bond donors (Lipinski definition) is 3. The highest BCUT2D eigenvalue weighted by atomic mass is 35.5. The highest BCUT2D eigenvalue weighted by Crippen LogP contribution is 2.30. The Morgan fingerprint density at radius 1 is 1.05 bits per heavy atom. The number of rotatable bonds is 12. The quantitative estimate of drug-likeness (QED) is 0.0982. The molecule has 0 fully saturated rings. The number of aromatic nitrogens is 3. The molecule has 0 aliphatic heterocycles. The number of nitrogens with zero attached hydrogens (tertiary/aromatic N) is 4. The second-order valence-corrected chi connectivity index (χ2v) is 9.28. The molecule has 1 aromatic heterocycles. The van der Waals surface area contributed by atoms with Crippen molar-refractivity contribution < 1.29 is 19.0 Å². The van der Waals surface area contributed by atoms with Crippen LogP contribution in [0.3, 0.4) is 0 Å². The van der Waals surface area contributed by atoms with E-state index in [0.717, 1.165) is 22.9 Å². The Morgan fingerprint density at radius 2 is 1.82 bits per heavy atom. The predicted octanol–water partition coefficient (Wildman–Crippen LogP) is 4.42. The first-order valence-electron chi connectivity index (χ1n) is 11.6. The van der Waals surface area contributed by atoms with Gasteiger partial charge in [-0.25, -0.2) is 10.1 Å². The highest BCUT2D eigenvalue weighted by molar-refractivity contribution is 7.99. The molecule has 0 saturated heterocycles. The molecule has 0 radical (unpaired) electrons. The van der Waals surface area contributed by atoms with Crippen LogP contribution < -0.4 is 30.8 Å². The SMILES string of the molecule is COc1ccc(NC(=O)CSc2nnc(N/N=C/c3ccccc3OCc3ccc(Cl)cc3)n2N)cc1OC. The molecule has 0 spiro atoms. The molecule has 0 aliphatic carbocycles. The van der Waals surface area contributed by atoms with Crippen molar-refractivity contribution in [3.05, 3.63) is 82.9 Å². The molecule has 0 unspecified atom stereocenters. The second-order valence-electron chi connectivity index (χ2n) is 7.91. The molecule has 0 bridgehead atoms. The van der Waals surface area contributed by atoms with Crippen LogP contribution in [0, 0.1) is 0 Å². The number of para-hydroxylation sites is 1. The lowest BCUT2D eigenvalue weighted by molar-refractivity contribution is -0.113. The van der Waals surface area contributed by atoms with Gasteiger partial charge in [-0.15, -0.1) is 10.2 Å². The Hall–Kier alpha value is -4.42. The monoisotopic (exact) mass is 567 g/mol. The molecule has 39 heavy (non-hydrogen) atoms. The molecule has 4 N–H and O–H groups in total. The first-order valence-corrected chi connectivity index (χ1v) is 12.9. The van der Waals surface area contributed by atoms with E-state index in [4.69, 9.17) is 31.7 Å². The van der Waals surface area contributed by atoms with Gasteiger partial charge in [0, 0.05) is 22.3 Å². The third kappa shape index (κ3) is 7.55. The second kappa shape index (κ2) is 13.4. The van der Waals surface area contributed by atoms with Gasteiger partial charge in [0.2, 0.25) is 11.1 Å². The van der Waals surface area contributed by atoms with E-state index in [1.807, 2.05) is 48.5 Å². The number of nitrogens with two attached hydrogens (primary N) is 1. The fourth-order valence-corrected chi connectivity index (χ4v) is 4.10. The van der Waals surface area contributed by atoms with Gasteiger partial charge in [-0.2, -0.15) is 5.10 Å². The molecule has 1 amide bonds. The first kappa shape index (κ1) is 27.6. The first-order chi connectivity index (χ1) is 19.0. The predicted molar refractivity (Wildman–Crippen MR) is 153 cm³/mol. The van der Waals surface area contributed by atoms with Crippen molar-refractivity contribution in [2.75, 3.05) is 36.6 Å². The number of amides is 1. The minimum absolute atomic E-state index is 0.0608. The van der Waals surface area contributed by atoms with Gasteiger partial charge in [0.05, 0.1) is 26.2 Å². The van der Waals surface area contributed by atoms with Crippen LogP contribution in [0.2, 0.25) is 5.02 Å². The summed E-state index contributed by atoms with van der Waals surface area (Å²) in [7, 11) is 3.07. The number of halogens is 1. The summed E-state index contributed by atoms with van der Waals surface area (Å²) in [5.74, 6) is 7.83. The summed E-state index contributed by atoms with van der Waals surface area (Å²) in [6.07, 6.45) is 1.59. The van der Waals surface area contributed by atoms with Gasteiger partial charge >= 0.3 is 0 Å². The van der Waals surface area contributed by atoms with Crippen LogP contribution in [0.15, 0.2) is 77.0 Å². The third-order valence-corrected chi connectivity index (χ3v) is 6.45. The normalized spacial score (nSPS) is 10.8. The van der Waals surface area contributed by atoms with E-state index >= 15 is 0 Å². The number of anilines is 2. The van der Waals surface area contributed by atoms with Gasteiger partial charge in [-0.3, -0.25) is 4.79 Å². The molecule has 4 rings (SSSR count). The van der Waals surface area contributed by atoms with Gasteiger partial charge in [-0.1, -0.05) is 47.6 Å². The summed E-state index contributed by atoms with van der Waals surface area (Å²) in [6.45, 7) is 0.382. The zero-order valence-electron chi connectivity index (χ0n) is 21.1. The number of thioether (sulfide) groups is 1. The number of hydrazone groups is 1. The van der Waals surface area contributed by atoms with Crippen molar-refractivity contribution in [1.82, 2.24) is 14.9 Å². The molecule has 0 aliphatic rings. The van der Waals surface area contributed by atoms with Crippen LogP contribution in [-0.2, 0) is 11.4 Å². The molecule has 202 valence electrons. The van der Waals surface area contributed by atoms with Gasteiger partial charge in [-0.05, 0) is 42.0 Å². The number of nitrogen functional groups attached to an aromatic ring is 1. The van der Waals surface area contributed by atoms with Crippen molar-refractivity contribution in [2.24, 2.45) is 5.10 Å². The van der Waals surface area contributed by atoms with Gasteiger partial charge < -0.3 is 25.4 Å². The number of nitrogens with one attached hydrogen (secondary N) is 2. The summed E-state index contributed by atoms with van der Waals surface area (Å²) in [4.78, 5) is 12.4. The van der Waals surface area contributed by atoms with Crippen LogP contribution >= 0.6 is 23.4 Å². The van der Waals surface area contributed by atoms with Crippen LogP contribution in [0.25, 0.3) is 0 Å². The minimum Gasteiger partial charge on any atom is -0.493 e. The molecule has 11 nitrogen and oxygen atoms in total. The average molecular weight is 568 g/mol.